The lowest BCUT2D eigenvalue weighted by Gasteiger charge is -2.13. The van der Waals surface area contributed by atoms with Crippen LogP contribution in [0.4, 0.5) is 0 Å². The lowest BCUT2D eigenvalue weighted by atomic mass is 9.96. The Bertz CT molecular complexity index is 4630. The van der Waals surface area contributed by atoms with E-state index >= 15 is 0 Å². The minimum atomic E-state index is 1.06. The lowest BCUT2D eigenvalue weighted by molar-refractivity contribution is 1.01. The van der Waals surface area contributed by atoms with E-state index in [9.17, 15) is 0 Å². The van der Waals surface area contributed by atoms with E-state index in [4.69, 9.17) is 0 Å². The van der Waals surface area contributed by atoms with Crippen LogP contribution in [0, 0.1) is 0 Å². The molecule has 0 unspecified atom stereocenters. The topological polar surface area (TPSA) is 19.7 Å². The van der Waals surface area contributed by atoms with Crippen molar-refractivity contribution in [1.82, 2.24) is 18.3 Å². The first-order valence-corrected chi connectivity index (χ1v) is 24.7. The highest BCUT2D eigenvalue weighted by Gasteiger charge is 2.20. The molecule has 1 aliphatic carbocycles. The maximum absolute atomic E-state index is 3.48. The number of rotatable bonds is 6. The molecule has 0 spiro atoms. The summed E-state index contributed by atoms with van der Waals surface area (Å²) in [6.07, 6.45) is 8.65. The van der Waals surface area contributed by atoms with Crippen molar-refractivity contribution in [3.8, 4) is 39.1 Å². The molecule has 336 valence electrons. The molecule has 4 heterocycles. The Morgan fingerprint density at radius 1 is 0.319 bits per heavy atom. The number of aromatic nitrogens is 4. The molecule has 4 aromatic heterocycles. The summed E-state index contributed by atoms with van der Waals surface area (Å²) in [5.41, 5.74) is 23.5. The van der Waals surface area contributed by atoms with Gasteiger partial charge in [0.15, 0.2) is 0 Å². The van der Waals surface area contributed by atoms with E-state index in [0.717, 1.165) is 28.1 Å². The van der Waals surface area contributed by atoms with Crippen LogP contribution in [0.15, 0.2) is 254 Å². The fourth-order valence-electron chi connectivity index (χ4n) is 12.0. The van der Waals surface area contributed by atoms with Crippen molar-refractivity contribution in [1.29, 1.82) is 0 Å². The normalized spacial score (nSPS) is 12.9. The van der Waals surface area contributed by atoms with Gasteiger partial charge in [0, 0.05) is 78.6 Å². The van der Waals surface area contributed by atoms with Gasteiger partial charge in [-0.05, 0) is 124 Å². The van der Waals surface area contributed by atoms with Crippen LogP contribution in [0.25, 0.3) is 138 Å². The van der Waals surface area contributed by atoms with Gasteiger partial charge in [-0.25, -0.2) is 0 Å². The van der Waals surface area contributed by atoms with Crippen LogP contribution >= 0.6 is 0 Å². The van der Waals surface area contributed by atoms with Crippen molar-refractivity contribution in [2.45, 2.75) is 0 Å². The molecule has 72 heavy (non-hydrogen) atoms. The highest BCUT2D eigenvalue weighted by molar-refractivity contribution is 6.18. The number of benzene rings is 10. The van der Waals surface area contributed by atoms with Crippen molar-refractivity contribution >= 4 is 98.6 Å². The summed E-state index contributed by atoms with van der Waals surface area (Å²) in [6, 6.07) is 82.3. The largest absolute Gasteiger partial charge is 0.344 e. The Balaban J connectivity index is 0.814. The first-order chi connectivity index (χ1) is 35.6. The van der Waals surface area contributed by atoms with Gasteiger partial charge in [0.25, 0.3) is 0 Å². The molecule has 4 nitrogen and oxygen atoms in total. The second-order valence-corrected chi connectivity index (χ2v) is 19.1. The van der Waals surface area contributed by atoms with Gasteiger partial charge in [0.2, 0.25) is 0 Å². The molecular formula is C68H44N4. The van der Waals surface area contributed by atoms with Gasteiger partial charge in [-0.1, -0.05) is 152 Å². The summed E-state index contributed by atoms with van der Waals surface area (Å²) >= 11 is 0. The number of aryl methyl sites for hydroxylation is 1. The van der Waals surface area contributed by atoms with Gasteiger partial charge in [0.05, 0.1) is 38.8 Å². The zero-order valence-electron chi connectivity index (χ0n) is 39.5. The monoisotopic (exact) mass is 916 g/mol. The molecule has 15 rings (SSSR count). The number of hydrogen-bond donors (Lipinski definition) is 0. The highest BCUT2D eigenvalue weighted by atomic mass is 15.0. The van der Waals surface area contributed by atoms with Crippen molar-refractivity contribution in [3.63, 3.8) is 0 Å². The maximum Gasteiger partial charge on any atom is 0.0560 e. The summed E-state index contributed by atoms with van der Waals surface area (Å²) in [5, 5.41) is 9.97. The van der Waals surface area contributed by atoms with Crippen LogP contribution in [0.5, 0.6) is 0 Å². The Morgan fingerprint density at radius 2 is 0.819 bits per heavy atom. The Kier molecular flexibility index (Phi) is 8.79. The van der Waals surface area contributed by atoms with E-state index in [1.165, 1.54) is 110 Å². The molecule has 4 heteroatoms. The van der Waals surface area contributed by atoms with E-state index in [0.29, 0.717) is 0 Å². The minimum Gasteiger partial charge on any atom is -0.344 e. The molecule has 0 saturated heterocycles. The number of nitrogens with zero attached hydrogens (tertiary/aromatic N) is 4. The number of hydrogen-bond acceptors (Lipinski definition) is 0. The predicted octanol–water partition coefficient (Wildman–Crippen LogP) is 17.8. The van der Waals surface area contributed by atoms with Crippen LogP contribution in [0.3, 0.4) is 0 Å². The molecular weight excluding hydrogens is 873 g/mol. The third-order valence-electron chi connectivity index (χ3n) is 15.2. The molecule has 0 aliphatic heterocycles. The maximum atomic E-state index is 3.48. The molecule has 0 atom stereocenters. The number of allylic oxidation sites excluding steroid dienone is 5. The van der Waals surface area contributed by atoms with E-state index in [2.05, 4.69) is 274 Å². The van der Waals surface area contributed by atoms with Gasteiger partial charge in [-0.15, -0.1) is 5.73 Å². The molecule has 10 aromatic carbocycles. The number of fused-ring (bicyclic) bond motifs is 12. The van der Waals surface area contributed by atoms with Gasteiger partial charge in [0.1, 0.15) is 0 Å². The molecule has 0 radical (unpaired) electrons. The Hall–Kier alpha value is -9.60. The van der Waals surface area contributed by atoms with Crippen molar-refractivity contribution in [3.05, 3.63) is 254 Å². The van der Waals surface area contributed by atoms with Gasteiger partial charge < -0.3 is 18.3 Å². The standard InChI is InChI=1S/C68H44N4/c1-69-60-38-36-47(45-18-14-17-44(39-45)46-19-15-22-49(40-46)70-61-29-9-4-23-53(61)54-24-5-10-30-62(54)70)41-59(60)57-37-35-48(42-67(57)69)52-28-16-34-66-68(52)58-27-8-13-33-65(58)72(66)51-21-3-2-20-50(43-51)71-63-31-11-6-25-55(63)56-26-7-12-32-64(56)71/h3-43H,1H3. The van der Waals surface area contributed by atoms with Crippen LogP contribution in [-0.2, 0) is 7.05 Å². The zero-order valence-corrected chi connectivity index (χ0v) is 39.5. The molecule has 0 N–H and O–H groups in total. The molecule has 14 aromatic rings. The van der Waals surface area contributed by atoms with Crippen molar-refractivity contribution in [2.24, 2.45) is 7.05 Å². The van der Waals surface area contributed by atoms with Gasteiger partial charge in [-0.2, -0.15) is 0 Å². The summed E-state index contributed by atoms with van der Waals surface area (Å²) in [7, 11) is 2.20. The molecule has 0 fully saturated rings. The quantitative estimate of drug-likeness (QED) is 0.148. The Labute approximate surface area is 415 Å². The summed E-state index contributed by atoms with van der Waals surface area (Å²) in [4.78, 5) is 0. The third-order valence-corrected chi connectivity index (χ3v) is 15.2. The first-order valence-electron chi connectivity index (χ1n) is 24.7. The molecule has 0 amide bonds. The fourth-order valence-corrected chi connectivity index (χ4v) is 12.0. The van der Waals surface area contributed by atoms with Crippen LogP contribution < -0.4 is 0 Å². The molecule has 0 saturated carbocycles. The van der Waals surface area contributed by atoms with Crippen LogP contribution in [-0.4, -0.2) is 18.3 Å². The second kappa shape index (κ2) is 15.7. The Morgan fingerprint density at radius 3 is 1.49 bits per heavy atom. The van der Waals surface area contributed by atoms with Crippen molar-refractivity contribution < 1.29 is 0 Å². The lowest BCUT2D eigenvalue weighted by Crippen LogP contribution is -1.99. The average Bonchev–Trinajstić information content (AvgIpc) is 4.10. The van der Waals surface area contributed by atoms with E-state index in [-0.39, 0.29) is 0 Å². The zero-order chi connectivity index (χ0) is 47.4. The predicted molar refractivity (Wildman–Crippen MR) is 305 cm³/mol. The van der Waals surface area contributed by atoms with Gasteiger partial charge in [-0.3, -0.25) is 0 Å². The van der Waals surface area contributed by atoms with Crippen LogP contribution in [0.2, 0.25) is 0 Å². The molecule has 1 aliphatic rings. The van der Waals surface area contributed by atoms with Crippen LogP contribution in [0.1, 0.15) is 0 Å². The highest BCUT2D eigenvalue weighted by Crippen LogP contribution is 2.43. The second-order valence-electron chi connectivity index (χ2n) is 19.1. The average molecular weight is 917 g/mol. The molecule has 0 bridgehead atoms. The summed E-state index contributed by atoms with van der Waals surface area (Å²) < 4.78 is 9.54. The number of para-hydroxylation sites is 5. The fraction of sp³-hybridized carbons (Fsp3) is 0.0147. The van der Waals surface area contributed by atoms with E-state index < -0.39 is 0 Å². The smallest absolute Gasteiger partial charge is 0.0560 e. The third kappa shape index (κ3) is 6.00. The van der Waals surface area contributed by atoms with E-state index in [1.54, 1.807) is 0 Å². The SMILES string of the molecule is Cn1c2ccc(-c3cccc(-c4cccc(-n5c6ccccc6c6ccccc65)c4)c3)cc2c2ccc(-c3cccc4c3c3ccccc3n4C3=CC=C=CC(n4c5ccccc5c5ccccc54)=C3)cc21. The summed E-state index contributed by atoms with van der Waals surface area (Å²) in [6.45, 7) is 0. The minimum absolute atomic E-state index is 1.06. The summed E-state index contributed by atoms with van der Waals surface area (Å²) in [5.74, 6) is 0. The van der Waals surface area contributed by atoms with Crippen molar-refractivity contribution in [2.75, 3.05) is 0 Å². The van der Waals surface area contributed by atoms with Gasteiger partial charge >= 0.3 is 0 Å². The van der Waals surface area contributed by atoms with E-state index in [1.807, 2.05) is 6.08 Å². The first kappa shape index (κ1) is 40.3.